The SMILES string of the molecule is Cc1ccc(NC(=O)CCS(=O)(=O)NCc2ccn[nH]2)c(C)c1. The van der Waals surface area contributed by atoms with Gasteiger partial charge in [-0.3, -0.25) is 9.89 Å². The van der Waals surface area contributed by atoms with Crippen molar-refractivity contribution in [3.63, 3.8) is 0 Å². The minimum Gasteiger partial charge on any atom is -0.326 e. The van der Waals surface area contributed by atoms with Crippen molar-refractivity contribution < 1.29 is 13.2 Å². The number of carbonyl (C=O) groups is 1. The molecule has 1 heterocycles. The molecule has 1 amide bonds. The Morgan fingerprint density at radius 2 is 2.04 bits per heavy atom. The molecule has 0 saturated heterocycles. The zero-order valence-electron chi connectivity index (χ0n) is 13.1. The number of aryl methyl sites for hydroxylation is 2. The predicted octanol–water partition coefficient (Wildman–Crippen LogP) is 1.47. The number of hydrogen-bond acceptors (Lipinski definition) is 4. The van der Waals surface area contributed by atoms with Gasteiger partial charge < -0.3 is 5.32 Å². The fourth-order valence-corrected chi connectivity index (χ4v) is 3.01. The van der Waals surface area contributed by atoms with Gasteiger partial charge in [0, 0.05) is 18.3 Å². The molecule has 0 aliphatic rings. The Hall–Kier alpha value is -2.19. The van der Waals surface area contributed by atoms with E-state index < -0.39 is 10.0 Å². The van der Waals surface area contributed by atoms with Gasteiger partial charge in [0.1, 0.15) is 0 Å². The van der Waals surface area contributed by atoms with Crippen molar-refractivity contribution >= 4 is 21.6 Å². The van der Waals surface area contributed by atoms with E-state index in [0.717, 1.165) is 11.1 Å². The molecule has 23 heavy (non-hydrogen) atoms. The lowest BCUT2D eigenvalue weighted by atomic mass is 10.1. The largest absolute Gasteiger partial charge is 0.326 e. The molecule has 0 unspecified atom stereocenters. The van der Waals surface area contributed by atoms with E-state index in [1.54, 1.807) is 12.3 Å². The zero-order chi connectivity index (χ0) is 16.9. The summed E-state index contributed by atoms with van der Waals surface area (Å²) in [6, 6.07) is 7.34. The maximum absolute atomic E-state index is 11.9. The molecule has 0 atom stereocenters. The van der Waals surface area contributed by atoms with Gasteiger partial charge in [-0.1, -0.05) is 17.7 Å². The van der Waals surface area contributed by atoms with Crippen molar-refractivity contribution in [1.29, 1.82) is 0 Å². The number of benzene rings is 1. The van der Waals surface area contributed by atoms with Gasteiger partial charge in [-0.25, -0.2) is 13.1 Å². The van der Waals surface area contributed by atoms with E-state index in [9.17, 15) is 13.2 Å². The number of sulfonamides is 1. The normalized spacial score (nSPS) is 11.4. The minimum absolute atomic E-state index is 0.106. The van der Waals surface area contributed by atoms with Gasteiger partial charge in [0.2, 0.25) is 15.9 Å². The van der Waals surface area contributed by atoms with Gasteiger partial charge in [0.25, 0.3) is 0 Å². The highest BCUT2D eigenvalue weighted by molar-refractivity contribution is 7.89. The summed E-state index contributed by atoms with van der Waals surface area (Å²) in [4.78, 5) is 11.9. The first-order chi connectivity index (χ1) is 10.9. The van der Waals surface area contributed by atoms with Gasteiger partial charge in [-0.15, -0.1) is 0 Å². The Labute approximate surface area is 135 Å². The molecule has 2 aromatic rings. The Morgan fingerprint density at radius 3 is 2.70 bits per heavy atom. The number of aromatic amines is 1. The van der Waals surface area contributed by atoms with E-state index in [2.05, 4.69) is 20.2 Å². The van der Waals surface area contributed by atoms with Gasteiger partial charge in [0.05, 0.1) is 18.0 Å². The molecular formula is C15H20N4O3S. The number of aromatic nitrogens is 2. The second-order valence-corrected chi connectivity index (χ2v) is 7.26. The second kappa shape index (κ2) is 7.38. The number of nitrogens with zero attached hydrogens (tertiary/aromatic N) is 1. The van der Waals surface area contributed by atoms with Crippen molar-refractivity contribution in [2.45, 2.75) is 26.8 Å². The lowest BCUT2D eigenvalue weighted by molar-refractivity contribution is -0.115. The minimum atomic E-state index is -3.52. The van der Waals surface area contributed by atoms with Gasteiger partial charge in [-0.2, -0.15) is 5.10 Å². The molecule has 1 aromatic heterocycles. The first kappa shape index (κ1) is 17.2. The summed E-state index contributed by atoms with van der Waals surface area (Å²) in [6.07, 6.45) is 1.44. The summed E-state index contributed by atoms with van der Waals surface area (Å²) in [5, 5.41) is 9.13. The average molecular weight is 336 g/mol. The second-order valence-electron chi connectivity index (χ2n) is 5.34. The lowest BCUT2D eigenvalue weighted by Gasteiger charge is -2.09. The highest BCUT2D eigenvalue weighted by Gasteiger charge is 2.14. The van der Waals surface area contributed by atoms with Crippen molar-refractivity contribution in [1.82, 2.24) is 14.9 Å². The maximum atomic E-state index is 11.9. The first-order valence-corrected chi connectivity index (χ1v) is 8.84. The van der Waals surface area contributed by atoms with Crippen molar-refractivity contribution in [3.05, 3.63) is 47.3 Å². The van der Waals surface area contributed by atoms with E-state index in [1.165, 1.54) is 0 Å². The van der Waals surface area contributed by atoms with Crippen LogP contribution >= 0.6 is 0 Å². The summed E-state index contributed by atoms with van der Waals surface area (Å²) in [6.45, 7) is 3.99. The number of H-pyrrole nitrogens is 1. The van der Waals surface area contributed by atoms with Crippen LogP contribution in [0.1, 0.15) is 23.2 Å². The van der Waals surface area contributed by atoms with Crippen LogP contribution in [0.15, 0.2) is 30.5 Å². The summed E-state index contributed by atoms with van der Waals surface area (Å²) >= 11 is 0. The van der Waals surface area contributed by atoms with Crippen LogP contribution in [-0.4, -0.2) is 30.3 Å². The molecule has 8 heteroatoms. The molecule has 124 valence electrons. The number of nitrogens with one attached hydrogen (secondary N) is 3. The Bertz CT molecular complexity index is 770. The molecule has 0 fully saturated rings. The quantitative estimate of drug-likeness (QED) is 0.712. The Morgan fingerprint density at radius 1 is 1.26 bits per heavy atom. The van der Waals surface area contributed by atoms with E-state index >= 15 is 0 Å². The van der Waals surface area contributed by atoms with Gasteiger partial charge in [0.15, 0.2) is 0 Å². The molecule has 1 aromatic carbocycles. The van der Waals surface area contributed by atoms with Crippen LogP contribution < -0.4 is 10.0 Å². The molecule has 0 saturated carbocycles. The monoisotopic (exact) mass is 336 g/mol. The third-order valence-corrected chi connectivity index (χ3v) is 4.62. The topological polar surface area (TPSA) is 104 Å². The first-order valence-electron chi connectivity index (χ1n) is 7.18. The Kier molecular flexibility index (Phi) is 5.51. The highest BCUT2D eigenvalue weighted by atomic mass is 32.2. The number of amides is 1. The predicted molar refractivity (Wildman–Crippen MR) is 88.4 cm³/mol. The molecular weight excluding hydrogens is 316 g/mol. The third-order valence-electron chi connectivity index (χ3n) is 3.29. The Balaban J connectivity index is 1.83. The molecule has 0 bridgehead atoms. The standard InChI is InChI=1S/C15H20N4O3S/c1-11-3-4-14(12(2)9-11)18-15(20)6-8-23(21,22)17-10-13-5-7-16-19-13/h3-5,7,9,17H,6,8,10H2,1-2H3,(H,16,19)(H,18,20). The highest BCUT2D eigenvalue weighted by Crippen LogP contribution is 2.16. The summed E-state index contributed by atoms with van der Waals surface area (Å²) in [5.74, 6) is -0.596. The fourth-order valence-electron chi connectivity index (χ4n) is 2.04. The van der Waals surface area contributed by atoms with Gasteiger partial charge >= 0.3 is 0 Å². The van der Waals surface area contributed by atoms with Gasteiger partial charge in [-0.05, 0) is 31.5 Å². The molecule has 0 aliphatic carbocycles. The summed E-state index contributed by atoms with van der Waals surface area (Å²) in [5.41, 5.74) is 3.40. The molecule has 3 N–H and O–H groups in total. The summed E-state index contributed by atoms with van der Waals surface area (Å²) in [7, 11) is -3.52. The lowest BCUT2D eigenvalue weighted by Crippen LogP contribution is -2.28. The van der Waals surface area contributed by atoms with E-state index in [-0.39, 0.29) is 24.6 Å². The number of hydrogen-bond donors (Lipinski definition) is 3. The molecule has 0 spiro atoms. The van der Waals surface area contributed by atoms with E-state index in [4.69, 9.17) is 0 Å². The number of rotatable bonds is 7. The van der Waals surface area contributed by atoms with Crippen LogP contribution in [0.4, 0.5) is 5.69 Å². The van der Waals surface area contributed by atoms with Crippen LogP contribution in [0.5, 0.6) is 0 Å². The summed E-state index contributed by atoms with van der Waals surface area (Å²) < 4.78 is 26.2. The molecule has 0 radical (unpaired) electrons. The van der Waals surface area contributed by atoms with E-state index in [0.29, 0.717) is 11.4 Å². The van der Waals surface area contributed by atoms with Crippen molar-refractivity contribution in [2.75, 3.05) is 11.1 Å². The van der Waals surface area contributed by atoms with Crippen molar-refractivity contribution in [2.24, 2.45) is 0 Å². The zero-order valence-corrected chi connectivity index (χ0v) is 13.9. The molecule has 7 nitrogen and oxygen atoms in total. The molecule has 0 aliphatic heterocycles. The van der Waals surface area contributed by atoms with Crippen LogP contribution in [0.2, 0.25) is 0 Å². The smallest absolute Gasteiger partial charge is 0.225 e. The number of anilines is 1. The number of carbonyl (C=O) groups excluding carboxylic acids is 1. The third kappa shape index (κ3) is 5.50. The van der Waals surface area contributed by atoms with Crippen LogP contribution in [0, 0.1) is 13.8 Å². The average Bonchev–Trinajstić information content (AvgIpc) is 3.00. The van der Waals surface area contributed by atoms with Crippen LogP contribution in [0.3, 0.4) is 0 Å². The van der Waals surface area contributed by atoms with Crippen LogP contribution in [-0.2, 0) is 21.4 Å². The maximum Gasteiger partial charge on any atom is 0.225 e. The van der Waals surface area contributed by atoms with Crippen molar-refractivity contribution in [3.8, 4) is 0 Å². The fraction of sp³-hybridized carbons (Fsp3) is 0.333. The molecule has 2 rings (SSSR count). The van der Waals surface area contributed by atoms with Crippen LogP contribution in [0.25, 0.3) is 0 Å². The van der Waals surface area contributed by atoms with E-state index in [1.807, 2.05) is 32.0 Å².